The first kappa shape index (κ1) is 13.6. The van der Waals surface area contributed by atoms with Crippen LogP contribution in [0.25, 0.3) is 0 Å². The van der Waals surface area contributed by atoms with Gasteiger partial charge in [-0.05, 0) is 37.1 Å². The van der Waals surface area contributed by atoms with E-state index in [9.17, 15) is 5.11 Å². The van der Waals surface area contributed by atoms with E-state index in [4.69, 9.17) is 4.74 Å². The van der Waals surface area contributed by atoms with E-state index in [0.717, 1.165) is 30.6 Å². The van der Waals surface area contributed by atoms with Gasteiger partial charge in [0.15, 0.2) is 0 Å². The SMILES string of the molecule is CCCCCC(O)C#Cc1ccc(OC)cc1. The summed E-state index contributed by atoms with van der Waals surface area (Å²) >= 11 is 0. The Labute approximate surface area is 104 Å². The quantitative estimate of drug-likeness (QED) is 0.624. The Balaban J connectivity index is 2.46. The van der Waals surface area contributed by atoms with Crippen molar-refractivity contribution in [2.24, 2.45) is 0 Å². The van der Waals surface area contributed by atoms with Crippen LogP contribution in [0, 0.1) is 11.8 Å². The molecule has 1 rings (SSSR count). The van der Waals surface area contributed by atoms with Gasteiger partial charge in [-0.25, -0.2) is 0 Å². The maximum absolute atomic E-state index is 9.64. The second kappa shape index (κ2) is 7.76. The van der Waals surface area contributed by atoms with Crippen LogP contribution >= 0.6 is 0 Å². The van der Waals surface area contributed by atoms with Crippen LogP contribution in [0.5, 0.6) is 5.75 Å². The first-order valence-electron chi connectivity index (χ1n) is 6.10. The van der Waals surface area contributed by atoms with Crippen molar-refractivity contribution in [3.05, 3.63) is 29.8 Å². The average molecular weight is 232 g/mol. The van der Waals surface area contributed by atoms with E-state index in [1.807, 2.05) is 24.3 Å². The van der Waals surface area contributed by atoms with Crippen molar-refractivity contribution in [1.82, 2.24) is 0 Å². The first-order valence-corrected chi connectivity index (χ1v) is 6.10. The number of ether oxygens (including phenoxy) is 1. The average Bonchev–Trinajstić information content (AvgIpc) is 2.37. The fourth-order valence-corrected chi connectivity index (χ4v) is 1.50. The molecule has 1 atom stereocenters. The van der Waals surface area contributed by atoms with Gasteiger partial charge in [0.25, 0.3) is 0 Å². The molecule has 0 bridgehead atoms. The molecule has 0 aliphatic rings. The molecule has 0 radical (unpaired) electrons. The zero-order chi connectivity index (χ0) is 12.5. The van der Waals surface area contributed by atoms with E-state index in [-0.39, 0.29) is 0 Å². The lowest BCUT2D eigenvalue weighted by Crippen LogP contribution is -2.02. The highest BCUT2D eigenvalue weighted by atomic mass is 16.5. The molecule has 1 unspecified atom stereocenters. The molecule has 92 valence electrons. The fourth-order valence-electron chi connectivity index (χ4n) is 1.50. The Morgan fingerprint density at radius 3 is 2.53 bits per heavy atom. The monoisotopic (exact) mass is 232 g/mol. The highest BCUT2D eigenvalue weighted by Crippen LogP contribution is 2.10. The number of benzene rings is 1. The normalized spacial score (nSPS) is 11.5. The molecule has 0 aliphatic carbocycles. The zero-order valence-corrected chi connectivity index (χ0v) is 10.6. The third kappa shape index (κ3) is 5.42. The van der Waals surface area contributed by atoms with Gasteiger partial charge < -0.3 is 9.84 Å². The minimum atomic E-state index is -0.511. The summed E-state index contributed by atoms with van der Waals surface area (Å²) in [5.41, 5.74) is 0.903. The zero-order valence-electron chi connectivity index (χ0n) is 10.6. The summed E-state index contributed by atoms with van der Waals surface area (Å²) in [6.45, 7) is 2.15. The third-order valence-corrected chi connectivity index (χ3v) is 2.55. The number of methoxy groups -OCH3 is 1. The molecular weight excluding hydrogens is 212 g/mol. The Morgan fingerprint density at radius 2 is 1.94 bits per heavy atom. The second-order valence-corrected chi connectivity index (χ2v) is 4.01. The molecule has 0 amide bonds. The minimum absolute atomic E-state index is 0.511. The molecular formula is C15H20O2. The standard InChI is InChI=1S/C15H20O2/c1-3-4-5-6-14(16)10-7-13-8-11-15(17-2)12-9-13/h8-9,11-12,14,16H,3-6H2,1-2H3. The molecule has 0 fully saturated rings. The summed E-state index contributed by atoms with van der Waals surface area (Å²) in [5.74, 6) is 6.65. The fraction of sp³-hybridized carbons (Fsp3) is 0.467. The Bertz CT molecular complexity index is 370. The highest BCUT2D eigenvalue weighted by Gasteiger charge is 1.97. The summed E-state index contributed by atoms with van der Waals surface area (Å²) in [6, 6.07) is 7.52. The van der Waals surface area contributed by atoms with Gasteiger partial charge in [-0.1, -0.05) is 31.6 Å². The van der Waals surface area contributed by atoms with Gasteiger partial charge in [-0.3, -0.25) is 0 Å². The van der Waals surface area contributed by atoms with E-state index in [1.54, 1.807) is 7.11 Å². The van der Waals surface area contributed by atoms with Gasteiger partial charge in [0, 0.05) is 5.56 Å². The van der Waals surface area contributed by atoms with Crippen LogP contribution in [0.1, 0.15) is 38.2 Å². The summed E-state index contributed by atoms with van der Waals surface area (Å²) in [5, 5.41) is 9.64. The molecule has 2 heteroatoms. The van der Waals surface area contributed by atoms with Gasteiger partial charge in [0.1, 0.15) is 11.9 Å². The number of unbranched alkanes of at least 4 members (excludes halogenated alkanes) is 2. The van der Waals surface area contributed by atoms with Crippen molar-refractivity contribution < 1.29 is 9.84 Å². The molecule has 0 heterocycles. The van der Waals surface area contributed by atoms with Crippen LogP contribution in [-0.4, -0.2) is 18.3 Å². The number of hydrogen-bond acceptors (Lipinski definition) is 2. The van der Waals surface area contributed by atoms with Crippen LogP contribution in [-0.2, 0) is 0 Å². The van der Waals surface area contributed by atoms with Crippen molar-refractivity contribution in [3.63, 3.8) is 0 Å². The molecule has 1 aromatic rings. The molecule has 0 saturated carbocycles. The van der Waals surface area contributed by atoms with Crippen LogP contribution in [0.3, 0.4) is 0 Å². The largest absolute Gasteiger partial charge is 0.497 e. The van der Waals surface area contributed by atoms with Crippen molar-refractivity contribution in [2.45, 2.75) is 38.7 Å². The highest BCUT2D eigenvalue weighted by molar-refractivity contribution is 5.38. The Kier molecular flexibility index (Phi) is 6.21. The summed E-state index contributed by atoms with van der Waals surface area (Å²) < 4.78 is 5.06. The maximum Gasteiger partial charge on any atom is 0.118 e. The van der Waals surface area contributed by atoms with E-state index in [0.29, 0.717) is 0 Å². The Morgan fingerprint density at radius 1 is 1.24 bits per heavy atom. The molecule has 0 spiro atoms. The van der Waals surface area contributed by atoms with Crippen molar-refractivity contribution in [1.29, 1.82) is 0 Å². The lowest BCUT2D eigenvalue weighted by molar-refractivity contribution is 0.217. The summed E-state index contributed by atoms with van der Waals surface area (Å²) in [7, 11) is 1.64. The van der Waals surface area contributed by atoms with E-state index < -0.39 is 6.10 Å². The van der Waals surface area contributed by atoms with Crippen LogP contribution in [0.4, 0.5) is 0 Å². The van der Waals surface area contributed by atoms with Crippen molar-refractivity contribution in [3.8, 4) is 17.6 Å². The molecule has 0 saturated heterocycles. The predicted octanol–water partition coefficient (Wildman–Crippen LogP) is 2.99. The molecule has 17 heavy (non-hydrogen) atoms. The molecule has 2 nitrogen and oxygen atoms in total. The van der Waals surface area contributed by atoms with Crippen LogP contribution < -0.4 is 4.74 Å². The summed E-state index contributed by atoms with van der Waals surface area (Å²) in [4.78, 5) is 0. The minimum Gasteiger partial charge on any atom is -0.497 e. The van der Waals surface area contributed by atoms with Crippen molar-refractivity contribution in [2.75, 3.05) is 7.11 Å². The van der Waals surface area contributed by atoms with Gasteiger partial charge in [0.05, 0.1) is 7.11 Å². The van der Waals surface area contributed by atoms with E-state index in [1.165, 1.54) is 6.42 Å². The molecule has 1 N–H and O–H groups in total. The predicted molar refractivity (Wildman–Crippen MR) is 70.0 cm³/mol. The lowest BCUT2D eigenvalue weighted by atomic mass is 10.1. The van der Waals surface area contributed by atoms with Gasteiger partial charge in [0.2, 0.25) is 0 Å². The van der Waals surface area contributed by atoms with E-state index in [2.05, 4.69) is 18.8 Å². The van der Waals surface area contributed by atoms with Crippen molar-refractivity contribution >= 4 is 0 Å². The second-order valence-electron chi connectivity index (χ2n) is 4.01. The van der Waals surface area contributed by atoms with E-state index >= 15 is 0 Å². The number of aliphatic hydroxyl groups is 1. The summed E-state index contributed by atoms with van der Waals surface area (Å²) in [6.07, 6.45) is 3.61. The lowest BCUT2D eigenvalue weighted by Gasteiger charge is -2.01. The Hall–Kier alpha value is -1.46. The van der Waals surface area contributed by atoms with Gasteiger partial charge in [-0.2, -0.15) is 0 Å². The van der Waals surface area contributed by atoms with Crippen LogP contribution in [0.2, 0.25) is 0 Å². The topological polar surface area (TPSA) is 29.5 Å². The van der Waals surface area contributed by atoms with Crippen LogP contribution in [0.15, 0.2) is 24.3 Å². The van der Waals surface area contributed by atoms with Gasteiger partial charge >= 0.3 is 0 Å². The number of rotatable bonds is 5. The smallest absolute Gasteiger partial charge is 0.118 e. The molecule has 1 aromatic carbocycles. The number of aliphatic hydroxyl groups excluding tert-OH is 1. The number of hydrogen-bond donors (Lipinski definition) is 1. The van der Waals surface area contributed by atoms with Gasteiger partial charge in [-0.15, -0.1) is 0 Å². The maximum atomic E-state index is 9.64. The third-order valence-electron chi connectivity index (χ3n) is 2.55. The molecule has 0 aliphatic heterocycles. The first-order chi connectivity index (χ1) is 8.26. The molecule has 0 aromatic heterocycles.